The van der Waals surface area contributed by atoms with E-state index in [1.807, 2.05) is 12.1 Å². The molecule has 5 nitrogen and oxygen atoms in total. The third-order valence-corrected chi connectivity index (χ3v) is 5.43. The summed E-state index contributed by atoms with van der Waals surface area (Å²) >= 11 is 0. The topological polar surface area (TPSA) is 66.8 Å². The van der Waals surface area contributed by atoms with Crippen LogP contribution in [0.4, 0.5) is 11.4 Å². The maximum absolute atomic E-state index is 12.9. The lowest BCUT2D eigenvalue weighted by Gasteiger charge is -2.35. The van der Waals surface area contributed by atoms with Crippen LogP contribution in [-0.4, -0.2) is 25.6 Å². The van der Waals surface area contributed by atoms with E-state index in [2.05, 4.69) is 0 Å². The Hall–Kier alpha value is -2.05. The Morgan fingerprint density at radius 2 is 1.73 bits per heavy atom. The number of aliphatic hydroxyl groups excluding tert-OH is 1. The zero-order valence-electron chi connectivity index (χ0n) is 11.9. The number of sulfonamides is 1. The van der Waals surface area contributed by atoms with E-state index in [0.717, 1.165) is 0 Å². The molecule has 1 aliphatic rings. The molecular weight excluding hydrogens is 302 g/mol. The molecule has 6 heteroatoms. The number of anilines is 2. The highest BCUT2D eigenvalue weighted by molar-refractivity contribution is 7.93. The number of fused-ring (bicyclic) bond motifs is 1. The van der Waals surface area contributed by atoms with E-state index in [0.29, 0.717) is 23.5 Å². The first-order valence-corrected chi connectivity index (χ1v) is 8.60. The number of benzene rings is 2. The van der Waals surface area contributed by atoms with Crippen LogP contribution in [0, 0.1) is 0 Å². The fraction of sp³-hybridized carbons (Fsp3) is 0.250. The zero-order valence-corrected chi connectivity index (χ0v) is 12.7. The largest absolute Gasteiger partial charge is 0.470 e. The Labute approximate surface area is 129 Å². The molecule has 0 amide bonds. The van der Waals surface area contributed by atoms with Gasteiger partial charge in [0.25, 0.3) is 10.0 Å². The number of para-hydroxylation sites is 3. The number of nitrogens with zero attached hydrogens (tertiary/aromatic N) is 1. The first kappa shape index (κ1) is 14.9. The van der Waals surface area contributed by atoms with Crippen LogP contribution in [0.1, 0.15) is 12.8 Å². The Morgan fingerprint density at radius 3 is 2.45 bits per heavy atom. The maximum Gasteiger partial charge on any atom is 0.277 e. The second-order valence-electron chi connectivity index (χ2n) is 5.03. The van der Waals surface area contributed by atoms with Crippen molar-refractivity contribution in [2.45, 2.75) is 18.3 Å². The summed E-state index contributed by atoms with van der Waals surface area (Å²) in [6.45, 7) is -0.0671. The molecule has 1 unspecified atom stereocenters. The van der Waals surface area contributed by atoms with Gasteiger partial charge in [0.2, 0.25) is 5.44 Å². The lowest BCUT2D eigenvalue weighted by molar-refractivity contribution is 0.225. The molecule has 0 saturated heterocycles. The van der Waals surface area contributed by atoms with Crippen molar-refractivity contribution in [2.75, 3.05) is 10.9 Å². The number of hydrogen-bond donors (Lipinski definition) is 1. The van der Waals surface area contributed by atoms with Gasteiger partial charge >= 0.3 is 0 Å². The van der Waals surface area contributed by atoms with Gasteiger partial charge in [-0.05, 0) is 30.7 Å². The normalized spacial score (nSPS) is 19.3. The van der Waals surface area contributed by atoms with Crippen molar-refractivity contribution in [2.24, 2.45) is 0 Å². The van der Waals surface area contributed by atoms with Crippen LogP contribution in [0.2, 0.25) is 0 Å². The molecule has 3 rings (SSSR count). The predicted molar refractivity (Wildman–Crippen MR) is 84.7 cm³/mol. The number of hydrogen-bond acceptors (Lipinski definition) is 4. The summed E-state index contributed by atoms with van der Waals surface area (Å²) < 4.78 is 32.8. The smallest absolute Gasteiger partial charge is 0.277 e. The van der Waals surface area contributed by atoms with Gasteiger partial charge in [0.05, 0.1) is 11.4 Å². The minimum Gasteiger partial charge on any atom is -0.470 e. The first-order chi connectivity index (χ1) is 10.6. The molecule has 0 radical (unpaired) electrons. The molecule has 0 spiro atoms. The fourth-order valence-electron chi connectivity index (χ4n) is 2.50. The highest BCUT2D eigenvalue weighted by Gasteiger charge is 2.40. The monoisotopic (exact) mass is 319 g/mol. The van der Waals surface area contributed by atoms with Gasteiger partial charge < -0.3 is 9.84 Å². The van der Waals surface area contributed by atoms with Crippen molar-refractivity contribution >= 4 is 21.4 Å². The van der Waals surface area contributed by atoms with Crippen molar-refractivity contribution in [1.29, 1.82) is 0 Å². The lowest BCUT2D eigenvalue weighted by atomic mass is 10.2. The van der Waals surface area contributed by atoms with Gasteiger partial charge in [-0.15, -0.1) is 0 Å². The summed E-state index contributed by atoms with van der Waals surface area (Å²) in [7, 11) is -3.70. The van der Waals surface area contributed by atoms with Gasteiger partial charge in [-0.3, -0.25) is 0 Å². The van der Waals surface area contributed by atoms with Gasteiger partial charge in [-0.25, -0.2) is 12.7 Å². The number of rotatable bonds is 4. The molecule has 0 bridgehead atoms. The SMILES string of the molecule is O=S1(=O)C(CCCO)Oc2ccccc2N1c1ccccc1. The van der Waals surface area contributed by atoms with E-state index in [4.69, 9.17) is 9.84 Å². The Kier molecular flexibility index (Phi) is 4.04. The Bertz CT molecular complexity index is 746. The molecule has 0 fully saturated rings. The number of ether oxygens (including phenoxy) is 1. The predicted octanol–water partition coefficient (Wildman–Crippen LogP) is 2.65. The van der Waals surface area contributed by atoms with Crippen molar-refractivity contribution < 1.29 is 18.3 Å². The maximum atomic E-state index is 12.9. The first-order valence-electron chi connectivity index (χ1n) is 7.10. The molecule has 1 N–H and O–H groups in total. The standard InChI is InChI=1S/C16H17NO4S/c18-12-6-11-16-21-15-10-5-4-9-14(15)17(22(16,19)20)13-7-2-1-3-8-13/h1-5,7-10,16,18H,6,11-12H2. The van der Waals surface area contributed by atoms with Gasteiger partial charge in [0, 0.05) is 13.0 Å². The zero-order chi connectivity index (χ0) is 15.6. The van der Waals surface area contributed by atoms with Crippen LogP contribution >= 0.6 is 0 Å². The minimum absolute atomic E-state index is 0.0671. The molecular formula is C16H17NO4S. The van der Waals surface area contributed by atoms with E-state index in [-0.39, 0.29) is 13.0 Å². The van der Waals surface area contributed by atoms with Gasteiger partial charge in [0.15, 0.2) is 0 Å². The van der Waals surface area contributed by atoms with Crippen LogP contribution in [0.5, 0.6) is 5.75 Å². The molecule has 0 aliphatic carbocycles. The van der Waals surface area contributed by atoms with Crippen LogP contribution < -0.4 is 9.04 Å². The van der Waals surface area contributed by atoms with Crippen LogP contribution in [-0.2, 0) is 10.0 Å². The summed E-state index contributed by atoms with van der Waals surface area (Å²) in [5.74, 6) is 0.532. The van der Waals surface area contributed by atoms with E-state index in [9.17, 15) is 8.42 Å². The van der Waals surface area contributed by atoms with E-state index >= 15 is 0 Å². The summed E-state index contributed by atoms with van der Waals surface area (Å²) in [5, 5.41) is 8.98. The van der Waals surface area contributed by atoms with Crippen LogP contribution in [0.25, 0.3) is 0 Å². The van der Waals surface area contributed by atoms with E-state index < -0.39 is 15.5 Å². The molecule has 1 heterocycles. The third kappa shape index (κ3) is 2.55. The molecule has 2 aromatic carbocycles. The molecule has 0 aromatic heterocycles. The van der Waals surface area contributed by atoms with Crippen LogP contribution in [0.3, 0.4) is 0 Å². The van der Waals surface area contributed by atoms with Gasteiger partial charge in [-0.1, -0.05) is 30.3 Å². The quantitative estimate of drug-likeness (QED) is 0.941. The Morgan fingerprint density at radius 1 is 1.05 bits per heavy atom. The van der Waals surface area contributed by atoms with Crippen molar-refractivity contribution in [3.8, 4) is 5.75 Å². The Balaban J connectivity index is 2.12. The average Bonchev–Trinajstić information content (AvgIpc) is 2.53. The third-order valence-electron chi connectivity index (χ3n) is 3.52. The van der Waals surface area contributed by atoms with E-state index in [1.54, 1.807) is 42.5 Å². The molecule has 0 saturated carbocycles. The summed E-state index contributed by atoms with van der Waals surface area (Å²) in [6.07, 6.45) is 0.616. The fourth-order valence-corrected chi connectivity index (χ4v) is 4.26. The van der Waals surface area contributed by atoms with Crippen molar-refractivity contribution in [3.05, 3.63) is 54.6 Å². The van der Waals surface area contributed by atoms with E-state index in [1.165, 1.54) is 4.31 Å². The average molecular weight is 319 g/mol. The van der Waals surface area contributed by atoms with Gasteiger partial charge in [-0.2, -0.15) is 0 Å². The summed E-state index contributed by atoms with van der Waals surface area (Å²) in [4.78, 5) is 0. The second kappa shape index (κ2) is 5.98. The van der Waals surface area contributed by atoms with Crippen LogP contribution in [0.15, 0.2) is 54.6 Å². The molecule has 22 heavy (non-hydrogen) atoms. The number of aliphatic hydroxyl groups is 1. The molecule has 1 atom stereocenters. The van der Waals surface area contributed by atoms with Crippen molar-refractivity contribution in [3.63, 3.8) is 0 Å². The second-order valence-corrected chi connectivity index (χ2v) is 6.95. The highest BCUT2D eigenvalue weighted by atomic mass is 32.2. The highest BCUT2D eigenvalue weighted by Crippen LogP contribution is 2.42. The molecule has 2 aromatic rings. The van der Waals surface area contributed by atoms with Crippen molar-refractivity contribution in [1.82, 2.24) is 0 Å². The lowest BCUT2D eigenvalue weighted by Crippen LogP contribution is -2.43. The van der Waals surface area contributed by atoms with Gasteiger partial charge in [0.1, 0.15) is 5.75 Å². The summed E-state index contributed by atoms with van der Waals surface area (Å²) in [6, 6.07) is 16.0. The minimum atomic E-state index is -3.70. The molecule has 1 aliphatic heterocycles. The summed E-state index contributed by atoms with van der Waals surface area (Å²) in [5.41, 5.74) is 0.0935. The molecule has 116 valence electrons.